The summed E-state index contributed by atoms with van der Waals surface area (Å²) in [6.45, 7) is 8.29. The van der Waals surface area contributed by atoms with Crippen molar-refractivity contribution >= 4 is 4.21 Å². The topological polar surface area (TPSA) is 18.5 Å². The van der Waals surface area contributed by atoms with Crippen molar-refractivity contribution in [1.29, 1.82) is 0 Å². The molecule has 0 N–H and O–H groups in total. The molecule has 0 aliphatic heterocycles. The Morgan fingerprint density at radius 2 is 1.41 bits per heavy atom. The van der Waals surface area contributed by atoms with E-state index in [1.165, 1.54) is 17.7 Å². The van der Waals surface area contributed by atoms with Crippen LogP contribution in [0.3, 0.4) is 0 Å². The number of hydrogen-bond acceptors (Lipinski definition) is 2. The van der Waals surface area contributed by atoms with Gasteiger partial charge < -0.3 is 0 Å². The van der Waals surface area contributed by atoms with Crippen LogP contribution in [0.15, 0.2) is 90.0 Å². The van der Waals surface area contributed by atoms with Crippen molar-refractivity contribution in [2.24, 2.45) is 5.92 Å². The van der Waals surface area contributed by atoms with Crippen molar-refractivity contribution < 1.29 is 33.6 Å². The van der Waals surface area contributed by atoms with Crippen molar-refractivity contribution in [2.75, 3.05) is 0 Å². The van der Waals surface area contributed by atoms with E-state index < -0.39 is 30.8 Å². The van der Waals surface area contributed by atoms with Crippen LogP contribution in [0.4, 0.5) is 8.78 Å². The molecule has 0 bridgehead atoms. The van der Waals surface area contributed by atoms with E-state index in [1.54, 1.807) is 36.4 Å². The van der Waals surface area contributed by atoms with E-state index in [4.69, 9.17) is 9.84 Å². The van der Waals surface area contributed by atoms with Crippen LogP contribution < -0.4 is 5.63 Å². The zero-order valence-electron chi connectivity index (χ0n) is 18.9. The monoisotopic (exact) mass is 512 g/mol. The second kappa shape index (κ2) is 8.19. The van der Waals surface area contributed by atoms with Crippen LogP contribution in [-0.4, -0.2) is 4.21 Å². The molecule has 2 aliphatic carbocycles. The quantitative estimate of drug-likeness (QED) is 0.399. The van der Waals surface area contributed by atoms with Crippen LogP contribution in [0.1, 0.15) is 34.1 Å². The molecule has 0 fully saturated rings. The fraction of sp³-hybridized carbons (Fsp3) is 0.222. The van der Waals surface area contributed by atoms with Gasteiger partial charge in [0.15, 0.2) is 0 Å². The first-order valence-corrected chi connectivity index (χ1v) is 17.0. The van der Waals surface area contributed by atoms with Crippen LogP contribution in [-0.2, 0) is 19.2 Å². The summed E-state index contributed by atoms with van der Waals surface area (Å²) in [4.78, 5) is 0. The van der Waals surface area contributed by atoms with Crippen LogP contribution in [0.5, 0.6) is 11.5 Å². The molecule has 0 saturated heterocycles. The molecule has 1 atom stereocenters. The maximum atomic E-state index is 14.9. The molecule has 0 aromatic heterocycles. The molecule has 32 heavy (non-hydrogen) atoms. The van der Waals surface area contributed by atoms with Gasteiger partial charge in [-0.3, -0.25) is 0 Å². The van der Waals surface area contributed by atoms with Gasteiger partial charge in [0.25, 0.3) is 0 Å². The summed E-state index contributed by atoms with van der Waals surface area (Å²) in [6.07, 6.45) is 6.47. The summed E-state index contributed by atoms with van der Waals surface area (Å²) in [5, 5.41) is 0. The molecule has 0 spiro atoms. The second-order valence-corrected chi connectivity index (χ2v) is 18.8. The molecule has 0 amide bonds. The molecule has 0 saturated carbocycles. The summed E-state index contributed by atoms with van der Waals surface area (Å²) in [5.41, 5.74) is 3.38. The number of hydrogen-bond donors (Lipinski definition) is 0. The molecule has 2 aromatic carbocycles. The zero-order valence-corrected chi connectivity index (χ0v) is 21.4. The van der Waals surface area contributed by atoms with E-state index in [1.807, 2.05) is 25.2 Å². The normalized spacial score (nSPS) is 19.0. The van der Waals surface area contributed by atoms with Gasteiger partial charge in [-0.15, -0.1) is 0 Å². The molecule has 0 radical (unpaired) electrons. The molecule has 4 rings (SSSR count). The summed E-state index contributed by atoms with van der Waals surface area (Å²) in [7, 11) is 0. The zero-order chi connectivity index (χ0) is 23.1. The number of para-hydroxylation sites is 2. The van der Waals surface area contributed by atoms with Crippen molar-refractivity contribution in [3.63, 3.8) is 0 Å². The SMILES string of the molecule is [CH2]=[Zr]([O]c1ccccc1F)([O]c1ccccc1F)([C]1=CC=CC1)[C]1=C(C)C(C)=C(C)C1C. The Morgan fingerprint density at radius 3 is 1.81 bits per heavy atom. The second-order valence-electron chi connectivity index (χ2n) is 8.72. The van der Waals surface area contributed by atoms with E-state index in [2.05, 4.69) is 20.8 Å². The minimum atomic E-state index is -5.54. The number of halogens is 2. The Labute approximate surface area is 190 Å². The predicted octanol–water partition coefficient (Wildman–Crippen LogP) is 7.48. The van der Waals surface area contributed by atoms with E-state index >= 15 is 0 Å². The molecule has 2 nitrogen and oxygen atoms in total. The number of benzene rings is 2. The van der Waals surface area contributed by atoms with Crippen molar-refractivity contribution in [3.05, 3.63) is 102 Å². The first-order chi connectivity index (χ1) is 15.2. The Hall–Kier alpha value is -2.39. The molecule has 2 aliphatic rings. The maximum absolute atomic E-state index is 14.9. The van der Waals surface area contributed by atoms with Crippen LogP contribution >= 0.6 is 0 Å². The van der Waals surface area contributed by atoms with Gasteiger partial charge in [-0.25, -0.2) is 0 Å². The molecular weight excluding hydrogens is 486 g/mol. The fourth-order valence-electron chi connectivity index (χ4n) is 4.96. The summed E-state index contributed by atoms with van der Waals surface area (Å²) < 4.78 is 49.9. The molecule has 2 aromatic rings. The Balaban J connectivity index is 2.05. The summed E-state index contributed by atoms with van der Waals surface area (Å²) in [6, 6.07) is 12.5. The van der Waals surface area contributed by atoms with Gasteiger partial charge in [-0.1, -0.05) is 0 Å². The van der Waals surface area contributed by atoms with Gasteiger partial charge in [-0.2, -0.15) is 0 Å². The first kappa shape index (κ1) is 22.8. The van der Waals surface area contributed by atoms with Crippen LogP contribution in [0.2, 0.25) is 0 Å². The fourth-order valence-corrected chi connectivity index (χ4v) is 17.6. The third-order valence-electron chi connectivity index (χ3n) is 6.93. The minimum absolute atomic E-state index is 0.0156. The third-order valence-corrected chi connectivity index (χ3v) is 18.9. The van der Waals surface area contributed by atoms with Gasteiger partial charge in [0.05, 0.1) is 0 Å². The van der Waals surface area contributed by atoms with Crippen LogP contribution in [0.25, 0.3) is 0 Å². The van der Waals surface area contributed by atoms with Crippen molar-refractivity contribution in [2.45, 2.75) is 34.1 Å². The van der Waals surface area contributed by atoms with E-state index in [0.29, 0.717) is 6.42 Å². The Kier molecular flexibility index (Phi) is 5.83. The predicted molar refractivity (Wildman–Crippen MR) is 123 cm³/mol. The van der Waals surface area contributed by atoms with Crippen molar-refractivity contribution in [3.8, 4) is 11.5 Å². The Bertz CT molecular complexity index is 1230. The first-order valence-electron chi connectivity index (χ1n) is 10.8. The van der Waals surface area contributed by atoms with Crippen LogP contribution in [0, 0.1) is 17.6 Å². The molecule has 0 heterocycles. The molecule has 166 valence electrons. The van der Waals surface area contributed by atoms with E-state index in [0.717, 1.165) is 17.7 Å². The Morgan fingerprint density at radius 1 is 0.875 bits per heavy atom. The average molecular weight is 514 g/mol. The number of allylic oxidation sites excluding steroid dienone is 8. The van der Waals surface area contributed by atoms with Gasteiger partial charge in [0.1, 0.15) is 0 Å². The number of rotatable bonds is 6. The average Bonchev–Trinajstić information content (AvgIpc) is 3.38. The summed E-state index contributed by atoms with van der Waals surface area (Å²) >= 11 is -5.54. The van der Waals surface area contributed by atoms with Gasteiger partial charge in [0, 0.05) is 0 Å². The van der Waals surface area contributed by atoms with E-state index in [9.17, 15) is 8.78 Å². The van der Waals surface area contributed by atoms with Gasteiger partial charge >= 0.3 is 191 Å². The van der Waals surface area contributed by atoms with Crippen molar-refractivity contribution in [1.82, 2.24) is 0 Å². The summed E-state index contributed by atoms with van der Waals surface area (Å²) in [5.74, 6) is -0.854. The molecule has 1 unspecified atom stereocenters. The van der Waals surface area contributed by atoms with Gasteiger partial charge in [0.2, 0.25) is 0 Å². The third kappa shape index (κ3) is 3.51. The standard InChI is InChI=1S/C9H13.2C6H5FO.C5H5.CH2.Zr/c1-6-5-7(2)9(4)8(6)3;2*7-5-3-1-2-4-6(5)8;1-2-4-5-3-1;;/h6H,1-4H3;2*1-4,8H;1-3H,4H2;1H2;/q;;;;;+2/p-2. The van der Waals surface area contributed by atoms with E-state index in [-0.39, 0.29) is 17.4 Å². The molecule has 5 heteroatoms. The molecular formula is C27H28F2O2Zr. The van der Waals surface area contributed by atoms with Gasteiger partial charge in [-0.05, 0) is 0 Å².